The van der Waals surface area contributed by atoms with Crippen LogP contribution in [0.2, 0.25) is 0 Å². The summed E-state index contributed by atoms with van der Waals surface area (Å²) in [6.07, 6.45) is 0.674. The first-order valence-electron chi connectivity index (χ1n) is 5.12. The Balaban J connectivity index is 0. The van der Waals surface area contributed by atoms with E-state index < -0.39 is 24.0 Å². The summed E-state index contributed by atoms with van der Waals surface area (Å²) < 4.78 is 11.8. The molecule has 18 heavy (non-hydrogen) atoms. The number of allylic oxidation sites excluding steroid dienone is 1. The molecule has 0 heterocycles. The molecule has 90 valence electrons. The van der Waals surface area contributed by atoms with Crippen LogP contribution in [-0.4, -0.2) is 18.1 Å². The Kier molecular flexibility index (Phi) is 9.87. The number of aliphatic carboxylic acids is 2. The molecule has 2 aliphatic carbocycles. The molecule has 0 aromatic rings. The number of carboxylic acid groups (broad SMARTS) is 2. The van der Waals surface area contributed by atoms with Gasteiger partial charge in [0.15, 0.2) is 0 Å². The molecule has 0 N–H and O–H groups in total. The number of alkyl halides is 1. The summed E-state index contributed by atoms with van der Waals surface area (Å²) in [7, 11) is 0. The van der Waals surface area contributed by atoms with Crippen LogP contribution >= 0.6 is 0 Å². The third-order valence-corrected chi connectivity index (χ3v) is 2.82. The molecule has 0 saturated heterocycles. The molecule has 0 spiro atoms. The normalized spacial score (nSPS) is 25.1. The van der Waals surface area contributed by atoms with Crippen LogP contribution in [0.15, 0.2) is 12.2 Å². The minimum absolute atomic E-state index is 0. The van der Waals surface area contributed by atoms with Crippen LogP contribution in [0.3, 0.4) is 0 Å². The molecule has 0 aromatic carbocycles. The number of carbonyl (C=O) groups excluding carboxylic acids is 2. The molecule has 0 aromatic heterocycles. The van der Waals surface area contributed by atoms with Gasteiger partial charge < -0.3 is 19.8 Å². The second-order valence-corrected chi connectivity index (χ2v) is 4.26. The van der Waals surface area contributed by atoms with Crippen LogP contribution in [0.25, 0.3) is 0 Å². The maximum atomic E-state index is 11.8. The summed E-state index contributed by atoms with van der Waals surface area (Å²) in [5.74, 6) is -2.79. The minimum Gasteiger partial charge on any atom is -0.550 e. The fraction of sp³-hybridized carbons (Fsp3) is 0.636. The standard InChI is InChI=1S/C6H8O2.C5H7FO2.2Li/c1-4-2-5(3-4)6(7)8;6-4-1-3(2-4)5(7)8;;/h5H,1-3H2,(H,7,8);3-4H,1-2H2,(H,7,8);;/q;;2*+1/p-2. The molecule has 2 aliphatic rings. The minimum atomic E-state index is -1.11. The number of hydrogen-bond acceptors (Lipinski definition) is 4. The molecule has 0 atom stereocenters. The van der Waals surface area contributed by atoms with E-state index in [4.69, 9.17) is 0 Å². The van der Waals surface area contributed by atoms with Crippen molar-refractivity contribution in [3.05, 3.63) is 12.2 Å². The van der Waals surface area contributed by atoms with Crippen LogP contribution in [-0.2, 0) is 9.59 Å². The fourth-order valence-corrected chi connectivity index (χ4v) is 1.54. The third-order valence-electron chi connectivity index (χ3n) is 2.82. The SMILES string of the molecule is C=C1CC(C(=O)[O-])C1.O=C([O-])C1CC(F)C1.[Li+].[Li+]. The Hall–Kier alpha value is -0.195. The zero-order valence-electron chi connectivity index (χ0n) is 10.8. The van der Waals surface area contributed by atoms with Gasteiger partial charge in [0.25, 0.3) is 0 Å². The van der Waals surface area contributed by atoms with Gasteiger partial charge in [0, 0.05) is 23.8 Å². The van der Waals surface area contributed by atoms with Gasteiger partial charge in [-0.25, -0.2) is 4.39 Å². The molecule has 0 amide bonds. The molecular weight excluding hydrogens is 229 g/mol. The van der Waals surface area contributed by atoms with Crippen molar-refractivity contribution < 1.29 is 61.9 Å². The second-order valence-electron chi connectivity index (χ2n) is 4.26. The zero-order chi connectivity index (χ0) is 12.3. The van der Waals surface area contributed by atoms with Crippen molar-refractivity contribution in [2.24, 2.45) is 11.8 Å². The molecule has 4 nitrogen and oxygen atoms in total. The van der Waals surface area contributed by atoms with Crippen LogP contribution < -0.4 is 47.9 Å². The van der Waals surface area contributed by atoms with Gasteiger partial charge in [0.05, 0.1) is 0 Å². The van der Waals surface area contributed by atoms with Crippen molar-refractivity contribution in [2.45, 2.75) is 31.9 Å². The summed E-state index contributed by atoms with van der Waals surface area (Å²) in [6, 6.07) is 0. The quantitative estimate of drug-likeness (QED) is 0.356. The maximum Gasteiger partial charge on any atom is 1.00 e. The van der Waals surface area contributed by atoms with Crippen LogP contribution in [0.4, 0.5) is 4.39 Å². The number of carbonyl (C=O) groups is 2. The van der Waals surface area contributed by atoms with Crippen molar-refractivity contribution >= 4 is 11.9 Å². The van der Waals surface area contributed by atoms with Gasteiger partial charge >= 0.3 is 37.7 Å². The molecule has 2 rings (SSSR count). The van der Waals surface area contributed by atoms with Crippen LogP contribution in [0, 0.1) is 11.8 Å². The molecule has 2 fully saturated rings. The van der Waals surface area contributed by atoms with Gasteiger partial charge in [-0.3, -0.25) is 0 Å². The predicted molar refractivity (Wildman–Crippen MR) is 49.5 cm³/mol. The Morgan fingerprint density at radius 3 is 1.56 bits per heavy atom. The van der Waals surface area contributed by atoms with Crippen molar-refractivity contribution in [3.63, 3.8) is 0 Å². The zero-order valence-corrected chi connectivity index (χ0v) is 10.8. The van der Waals surface area contributed by atoms with E-state index in [9.17, 15) is 24.2 Å². The fourth-order valence-electron chi connectivity index (χ4n) is 1.54. The van der Waals surface area contributed by atoms with Gasteiger partial charge in [0.1, 0.15) is 6.17 Å². The molecule has 0 radical (unpaired) electrons. The van der Waals surface area contributed by atoms with E-state index in [1.165, 1.54) is 0 Å². The van der Waals surface area contributed by atoms with E-state index in [1.807, 2.05) is 0 Å². The van der Waals surface area contributed by atoms with E-state index in [0.29, 0.717) is 12.8 Å². The van der Waals surface area contributed by atoms with Gasteiger partial charge in [-0.15, -0.1) is 0 Å². The van der Waals surface area contributed by atoms with Crippen LogP contribution in [0.5, 0.6) is 0 Å². The van der Waals surface area contributed by atoms with Gasteiger partial charge in [-0.05, 0) is 25.7 Å². The van der Waals surface area contributed by atoms with Crippen molar-refractivity contribution in [3.8, 4) is 0 Å². The van der Waals surface area contributed by atoms with Crippen LogP contribution in [0.1, 0.15) is 25.7 Å². The first kappa shape index (κ1) is 20.1. The maximum absolute atomic E-state index is 11.8. The average Bonchev–Trinajstić information content (AvgIpc) is 2.08. The van der Waals surface area contributed by atoms with Crippen molar-refractivity contribution in [1.82, 2.24) is 0 Å². The third kappa shape index (κ3) is 6.11. The van der Waals surface area contributed by atoms with E-state index in [1.54, 1.807) is 0 Å². The van der Waals surface area contributed by atoms with Gasteiger partial charge in [-0.2, -0.15) is 0 Å². The summed E-state index contributed by atoms with van der Waals surface area (Å²) in [4.78, 5) is 19.8. The molecule has 7 heteroatoms. The molecule has 0 bridgehead atoms. The predicted octanol–water partition coefficient (Wildman–Crippen LogP) is -6.81. The van der Waals surface area contributed by atoms with E-state index >= 15 is 0 Å². The summed E-state index contributed by atoms with van der Waals surface area (Å²) in [5, 5.41) is 19.8. The second kappa shape index (κ2) is 8.83. The van der Waals surface area contributed by atoms with E-state index in [0.717, 1.165) is 5.57 Å². The number of halogens is 1. The Morgan fingerprint density at radius 2 is 1.44 bits per heavy atom. The monoisotopic (exact) mass is 242 g/mol. The van der Waals surface area contributed by atoms with E-state index in [2.05, 4.69) is 6.58 Å². The summed E-state index contributed by atoms with van der Waals surface area (Å²) in [6.45, 7) is 3.60. The molecular formula is C11H13FLi2O4. The molecule has 0 unspecified atom stereocenters. The number of rotatable bonds is 2. The van der Waals surface area contributed by atoms with Gasteiger partial charge in [0.2, 0.25) is 0 Å². The number of hydrogen-bond donors (Lipinski definition) is 0. The van der Waals surface area contributed by atoms with Crippen molar-refractivity contribution in [2.75, 3.05) is 0 Å². The van der Waals surface area contributed by atoms with Gasteiger partial charge in [-0.1, -0.05) is 12.2 Å². The summed E-state index contributed by atoms with van der Waals surface area (Å²) >= 11 is 0. The first-order chi connectivity index (χ1) is 7.40. The number of carboxylic acids is 2. The Bertz CT molecular complexity index is 308. The summed E-state index contributed by atoms with van der Waals surface area (Å²) in [5.41, 5.74) is 1.03. The topological polar surface area (TPSA) is 80.3 Å². The molecule has 0 aliphatic heterocycles. The first-order valence-corrected chi connectivity index (χ1v) is 5.12. The van der Waals surface area contributed by atoms with Crippen molar-refractivity contribution in [1.29, 1.82) is 0 Å². The Morgan fingerprint density at radius 1 is 1.06 bits per heavy atom. The average molecular weight is 242 g/mol. The van der Waals surface area contributed by atoms with E-state index in [-0.39, 0.29) is 56.5 Å². The Labute approximate surface area is 129 Å². The molecule has 2 saturated carbocycles. The largest absolute Gasteiger partial charge is 1.00 e. The smallest absolute Gasteiger partial charge is 0.550 e.